The van der Waals surface area contributed by atoms with Gasteiger partial charge in [0.2, 0.25) is 0 Å². The van der Waals surface area contributed by atoms with Crippen LogP contribution >= 0.6 is 0 Å². The number of hydrogen-bond acceptors (Lipinski definition) is 6. The maximum atomic E-state index is 13.0. The van der Waals surface area contributed by atoms with E-state index in [0.717, 1.165) is 51.4 Å². The summed E-state index contributed by atoms with van der Waals surface area (Å²) in [5, 5.41) is 9.98. The molecule has 0 aromatic heterocycles. The molecule has 0 heterocycles. The van der Waals surface area contributed by atoms with Gasteiger partial charge in [-0.25, -0.2) is 9.59 Å². The molecule has 0 aliphatic heterocycles. The second-order valence-electron chi connectivity index (χ2n) is 8.75. The molecular formula is C28H44O6. The first-order valence-corrected chi connectivity index (χ1v) is 12.9. The zero-order chi connectivity index (χ0) is 25.3. The topological polar surface area (TPSA) is 82.1 Å². The van der Waals surface area contributed by atoms with Crippen molar-refractivity contribution in [2.45, 2.75) is 86.0 Å². The summed E-state index contributed by atoms with van der Waals surface area (Å²) in [6.45, 7) is 11.2. The zero-order valence-electron chi connectivity index (χ0n) is 21.7. The molecule has 0 bridgehead atoms. The van der Waals surface area contributed by atoms with E-state index in [0.29, 0.717) is 12.2 Å². The molecule has 6 heteroatoms. The van der Waals surface area contributed by atoms with Gasteiger partial charge in [0.15, 0.2) is 11.5 Å². The van der Waals surface area contributed by atoms with E-state index in [2.05, 4.69) is 27.7 Å². The molecule has 2 unspecified atom stereocenters. The van der Waals surface area contributed by atoms with Crippen molar-refractivity contribution in [2.75, 3.05) is 19.8 Å². The average Bonchev–Trinajstić information content (AvgIpc) is 2.84. The Balaban J connectivity index is 3.08. The lowest BCUT2D eigenvalue weighted by Gasteiger charge is -2.17. The van der Waals surface area contributed by atoms with E-state index in [1.807, 2.05) is 6.92 Å². The maximum Gasteiger partial charge on any atom is 0.345 e. The van der Waals surface area contributed by atoms with Crippen LogP contribution in [0.5, 0.6) is 11.5 Å². The summed E-state index contributed by atoms with van der Waals surface area (Å²) >= 11 is 0. The van der Waals surface area contributed by atoms with Crippen molar-refractivity contribution >= 4 is 18.0 Å². The molecule has 0 saturated heterocycles. The number of hydrogen-bond donors (Lipinski definition) is 1. The molecule has 1 rings (SSSR count). The van der Waals surface area contributed by atoms with Gasteiger partial charge in [-0.2, -0.15) is 0 Å². The van der Waals surface area contributed by atoms with E-state index < -0.39 is 11.9 Å². The van der Waals surface area contributed by atoms with Gasteiger partial charge < -0.3 is 19.3 Å². The Labute approximate surface area is 205 Å². The van der Waals surface area contributed by atoms with Crippen LogP contribution in [0.1, 0.15) is 91.5 Å². The normalized spacial score (nSPS) is 12.5. The first-order chi connectivity index (χ1) is 16.4. The summed E-state index contributed by atoms with van der Waals surface area (Å²) in [5.41, 5.74) is 0.394. The number of ether oxygens (including phenoxy) is 3. The molecule has 0 spiro atoms. The number of phenolic OH excluding ortho intramolecular Hbond substituents is 1. The number of aromatic hydroxyl groups is 1. The summed E-state index contributed by atoms with van der Waals surface area (Å²) in [7, 11) is 0. The fraction of sp³-hybridized carbons (Fsp3) is 0.643. The van der Waals surface area contributed by atoms with Crippen LogP contribution in [0.3, 0.4) is 0 Å². The van der Waals surface area contributed by atoms with E-state index >= 15 is 0 Å². The van der Waals surface area contributed by atoms with E-state index in [4.69, 9.17) is 14.2 Å². The van der Waals surface area contributed by atoms with Crippen LogP contribution in [0.25, 0.3) is 6.08 Å². The van der Waals surface area contributed by atoms with Gasteiger partial charge in [-0.1, -0.05) is 72.3 Å². The minimum absolute atomic E-state index is 0.00544. The monoisotopic (exact) mass is 476 g/mol. The van der Waals surface area contributed by atoms with Gasteiger partial charge in [0.05, 0.1) is 19.8 Å². The molecule has 2 atom stereocenters. The summed E-state index contributed by atoms with van der Waals surface area (Å²) in [4.78, 5) is 26.0. The second-order valence-corrected chi connectivity index (χ2v) is 8.75. The molecule has 0 aliphatic rings. The standard InChI is InChI=1S/C28H44O6/c1-6-11-13-21(8-3)19-33-27(30)24(28(31)34-20-22(9-4)14-12-7-2)17-23-15-16-25(29)26(18-23)32-10-5/h15-18,21-22,29H,6-14,19-20H2,1-5H3. The highest BCUT2D eigenvalue weighted by Crippen LogP contribution is 2.28. The molecule has 0 aliphatic carbocycles. The fourth-order valence-electron chi connectivity index (χ4n) is 3.60. The molecule has 34 heavy (non-hydrogen) atoms. The summed E-state index contributed by atoms with van der Waals surface area (Å²) in [6.07, 6.45) is 9.54. The van der Waals surface area contributed by atoms with Gasteiger partial charge in [0.25, 0.3) is 0 Å². The maximum absolute atomic E-state index is 13.0. The number of phenols is 1. The Morgan fingerprint density at radius 3 is 1.85 bits per heavy atom. The quantitative estimate of drug-likeness (QED) is 0.117. The van der Waals surface area contributed by atoms with Gasteiger partial charge in [-0.15, -0.1) is 0 Å². The average molecular weight is 477 g/mol. The Morgan fingerprint density at radius 2 is 1.41 bits per heavy atom. The van der Waals surface area contributed by atoms with Crippen LogP contribution in [-0.4, -0.2) is 36.9 Å². The van der Waals surface area contributed by atoms with Crippen LogP contribution in [-0.2, 0) is 19.1 Å². The third-order valence-electron chi connectivity index (χ3n) is 6.02. The Kier molecular flexibility index (Phi) is 14.8. The smallest absolute Gasteiger partial charge is 0.345 e. The van der Waals surface area contributed by atoms with Crippen LogP contribution in [0, 0.1) is 11.8 Å². The van der Waals surface area contributed by atoms with Crippen molar-refractivity contribution in [3.8, 4) is 11.5 Å². The molecular weight excluding hydrogens is 432 g/mol. The fourth-order valence-corrected chi connectivity index (χ4v) is 3.60. The molecule has 1 aromatic carbocycles. The van der Waals surface area contributed by atoms with Crippen molar-refractivity contribution in [3.05, 3.63) is 29.3 Å². The van der Waals surface area contributed by atoms with Crippen molar-refractivity contribution in [3.63, 3.8) is 0 Å². The van der Waals surface area contributed by atoms with E-state index in [1.54, 1.807) is 12.1 Å². The number of benzene rings is 1. The molecule has 1 aromatic rings. The Morgan fingerprint density at radius 1 is 0.882 bits per heavy atom. The SMILES string of the molecule is CCCCC(CC)COC(=O)C(=Cc1ccc(O)c(OCC)c1)C(=O)OCC(CC)CCCC. The lowest BCUT2D eigenvalue weighted by atomic mass is 10.0. The predicted octanol–water partition coefficient (Wildman–Crippen LogP) is 6.69. The van der Waals surface area contributed by atoms with Crippen LogP contribution in [0.2, 0.25) is 0 Å². The second kappa shape index (κ2) is 17.0. The van der Waals surface area contributed by atoms with Crippen LogP contribution < -0.4 is 4.74 Å². The molecule has 192 valence electrons. The first-order valence-electron chi connectivity index (χ1n) is 12.9. The predicted molar refractivity (Wildman–Crippen MR) is 136 cm³/mol. The van der Waals surface area contributed by atoms with Crippen LogP contribution in [0.4, 0.5) is 0 Å². The summed E-state index contributed by atoms with van der Waals surface area (Å²) in [6, 6.07) is 4.68. The molecule has 1 N–H and O–H groups in total. The van der Waals surface area contributed by atoms with Gasteiger partial charge in [-0.05, 0) is 55.4 Å². The zero-order valence-corrected chi connectivity index (χ0v) is 21.7. The molecule has 0 saturated carbocycles. The van der Waals surface area contributed by atoms with Crippen molar-refractivity contribution in [1.82, 2.24) is 0 Å². The summed E-state index contributed by atoms with van der Waals surface area (Å²) in [5.74, 6) is -0.571. The molecule has 0 radical (unpaired) electrons. The summed E-state index contributed by atoms with van der Waals surface area (Å²) < 4.78 is 16.5. The number of unbranched alkanes of at least 4 members (excludes halogenated alkanes) is 2. The van der Waals surface area contributed by atoms with Gasteiger partial charge in [-0.3, -0.25) is 0 Å². The van der Waals surface area contributed by atoms with E-state index in [1.165, 1.54) is 12.1 Å². The number of carbonyl (C=O) groups excluding carboxylic acids is 2. The largest absolute Gasteiger partial charge is 0.504 e. The van der Waals surface area contributed by atoms with E-state index in [9.17, 15) is 14.7 Å². The van der Waals surface area contributed by atoms with Gasteiger partial charge in [0, 0.05) is 0 Å². The molecule has 0 fully saturated rings. The highest BCUT2D eigenvalue weighted by atomic mass is 16.6. The minimum atomic E-state index is -0.687. The van der Waals surface area contributed by atoms with Gasteiger partial charge >= 0.3 is 11.9 Å². The Bertz CT molecular complexity index is 736. The highest BCUT2D eigenvalue weighted by molar-refractivity contribution is 6.17. The van der Waals surface area contributed by atoms with Crippen molar-refractivity contribution < 1.29 is 28.9 Å². The Hall–Kier alpha value is -2.50. The third-order valence-corrected chi connectivity index (χ3v) is 6.02. The first kappa shape index (κ1) is 29.5. The lowest BCUT2D eigenvalue weighted by molar-refractivity contribution is -0.148. The van der Waals surface area contributed by atoms with Gasteiger partial charge in [0.1, 0.15) is 5.57 Å². The lowest BCUT2D eigenvalue weighted by Crippen LogP contribution is -2.23. The van der Waals surface area contributed by atoms with Crippen LogP contribution in [0.15, 0.2) is 23.8 Å². The number of carbonyl (C=O) groups is 2. The third kappa shape index (κ3) is 10.6. The minimum Gasteiger partial charge on any atom is -0.504 e. The van der Waals surface area contributed by atoms with Crippen molar-refractivity contribution in [1.29, 1.82) is 0 Å². The number of rotatable bonds is 17. The molecule has 6 nitrogen and oxygen atoms in total. The van der Waals surface area contributed by atoms with Crippen molar-refractivity contribution in [2.24, 2.45) is 11.8 Å². The number of esters is 2. The molecule has 0 amide bonds. The van der Waals surface area contributed by atoms with E-state index in [-0.39, 0.29) is 42.1 Å². The highest BCUT2D eigenvalue weighted by Gasteiger charge is 2.24.